The number of hydrogen-bond donors (Lipinski definition) is 2. The van der Waals surface area contributed by atoms with E-state index in [4.69, 9.17) is 0 Å². The predicted molar refractivity (Wildman–Crippen MR) is 95.6 cm³/mol. The molecule has 0 radical (unpaired) electrons. The van der Waals surface area contributed by atoms with Gasteiger partial charge in [0.05, 0.1) is 0 Å². The molecule has 2 N–H and O–H groups in total. The van der Waals surface area contributed by atoms with E-state index in [1.807, 2.05) is 24.3 Å². The highest BCUT2D eigenvalue weighted by molar-refractivity contribution is 6.14. The molecule has 0 spiro atoms. The van der Waals surface area contributed by atoms with Gasteiger partial charge in [0.1, 0.15) is 11.5 Å². The molecule has 122 valence electrons. The molecule has 1 saturated carbocycles. The van der Waals surface area contributed by atoms with Crippen LogP contribution < -0.4 is 0 Å². The molecule has 3 nitrogen and oxygen atoms in total. The molecule has 2 aromatic rings. The number of phenols is 2. The zero-order valence-electron chi connectivity index (χ0n) is 13.6. The van der Waals surface area contributed by atoms with Crippen molar-refractivity contribution in [3.8, 4) is 11.5 Å². The van der Waals surface area contributed by atoms with Gasteiger partial charge in [0.2, 0.25) is 0 Å². The van der Waals surface area contributed by atoms with Crippen LogP contribution >= 0.6 is 0 Å². The van der Waals surface area contributed by atoms with Crippen LogP contribution in [0.4, 0.5) is 0 Å². The van der Waals surface area contributed by atoms with Gasteiger partial charge < -0.3 is 10.2 Å². The van der Waals surface area contributed by atoms with Crippen LogP contribution in [-0.4, -0.2) is 16.0 Å². The summed E-state index contributed by atoms with van der Waals surface area (Å²) in [6.07, 6.45) is 5.17. The molecule has 1 unspecified atom stereocenters. The standard InChI is InChI=1S/C21H20O3/c1-14-8-17(10-15-4-2-6-19(22)12-15)21(24)18(9-14)11-16-5-3-7-20(23)13-16/h2-7,10-14,22-23H,8-9H2,1H3/b17-10-,18-11+. The smallest absolute Gasteiger partial charge is 0.185 e. The molecule has 0 bridgehead atoms. The number of Topliss-reactive ketones (excluding diaryl/α,β-unsaturated/α-hetero) is 1. The summed E-state index contributed by atoms with van der Waals surface area (Å²) < 4.78 is 0. The fraction of sp³-hybridized carbons (Fsp3) is 0.190. The summed E-state index contributed by atoms with van der Waals surface area (Å²) in [7, 11) is 0. The van der Waals surface area contributed by atoms with Crippen LogP contribution in [0.3, 0.4) is 0 Å². The van der Waals surface area contributed by atoms with Crippen molar-refractivity contribution < 1.29 is 15.0 Å². The first kappa shape index (κ1) is 16.1. The second-order valence-electron chi connectivity index (χ2n) is 6.37. The lowest BCUT2D eigenvalue weighted by molar-refractivity contribution is -0.113. The van der Waals surface area contributed by atoms with Crippen LogP contribution in [0.2, 0.25) is 0 Å². The minimum absolute atomic E-state index is 0.0415. The second kappa shape index (κ2) is 6.75. The van der Waals surface area contributed by atoms with Crippen molar-refractivity contribution in [1.29, 1.82) is 0 Å². The minimum Gasteiger partial charge on any atom is -0.508 e. The molecule has 0 saturated heterocycles. The lowest BCUT2D eigenvalue weighted by Crippen LogP contribution is -2.18. The number of rotatable bonds is 2. The van der Waals surface area contributed by atoms with Gasteiger partial charge in [-0.1, -0.05) is 31.2 Å². The van der Waals surface area contributed by atoms with Gasteiger partial charge in [-0.05, 0) is 66.3 Å². The number of benzene rings is 2. The van der Waals surface area contributed by atoms with E-state index in [9.17, 15) is 15.0 Å². The summed E-state index contributed by atoms with van der Waals surface area (Å²) in [5.41, 5.74) is 3.16. The summed E-state index contributed by atoms with van der Waals surface area (Å²) in [6.45, 7) is 2.12. The quantitative estimate of drug-likeness (QED) is 0.797. The Morgan fingerprint density at radius 3 is 1.75 bits per heavy atom. The molecule has 24 heavy (non-hydrogen) atoms. The van der Waals surface area contributed by atoms with Gasteiger partial charge in [0.15, 0.2) is 5.78 Å². The third-order valence-electron chi connectivity index (χ3n) is 4.14. The van der Waals surface area contributed by atoms with Crippen molar-refractivity contribution in [2.45, 2.75) is 19.8 Å². The first-order valence-electron chi connectivity index (χ1n) is 8.05. The summed E-state index contributed by atoms with van der Waals surface area (Å²) in [5, 5.41) is 19.2. The molecule has 1 aliphatic carbocycles. The highest BCUT2D eigenvalue weighted by Crippen LogP contribution is 2.32. The Bertz CT molecular complexity index is 763. The molecule has 0 amide bonds. The maximum atomic E-state index is 12.8. The zero-order chi connectivity index (χ0) is 17.1. The van der Waals surface area contributed by atoms with E-state index in [1.165, 1.54) is 0 Å². The fourth-order valence-electron chi connectivity index (χ4n) is 3.10. The Hall–Kier alpha value is -2.81. The van der Waals surface area contributed by atoms with Gasteiger partial charge >= 0.3 is 0 Å². The van der Waals surface area contributed by atoms with E-state index in [-0.39, 0.29) is 17.3 Å². The molecule has 2 aromatic carbocycles. The maximum Gasteiger partial charge on any atom is 0.185 e. The van der Waals surface area contributed by atoms with Crippen molar-refractivity contribution in [3.63, 3.8) is 0 Å². The van der Waals surface area contributed by atoms with Crippen LogP contribution in [-0.2, 0) is 4.79 Å². The molecule has 1 aliphatic rings. The predicted octanol–water partition coefficient (Wildman–Crippen LogP) is 4.56. The van der Waals surface area contributed by atoms with Crippen molar-refractivity contribution in [1.82, 2.24) is 0 Å². The topological polar surface area (TPSA) is 57.5 Å². The number of aromatic hydroxyl groups is 2. The van der Waals surface area contributed by atoms with E-state index < -0.39 is 0 Å². The van der Waals surface area contributed by atoms with Gasteiger partial charge in [-0.15, -0.1) is 0 Å². The SMILES string of the molecule is CC1C/C(=C/c2cccc(O)c2)C(=O)/C(=C/c2cccc(O)c2)C1. The Labute approximate surface area is 141 Å². The molecular formula is C21H20O3. The van der Waals surface area contributed by atoms with Crippen molar-refractivity contribution in [2.75, 3.05) is 0 Å². The van der Waals surface area contributed by atoms with Gasteiger partial charge in [-0.25, -0.2) is 0 Å². The molecule has 3 rings (SSSR count). The van der Waals surface area contributed by atoms with Crippen LogP contribution in [0.1, 0.15) is 30.9 Å². The van der Waals surface area contributed by atoms with Crippen molar-refractivity contribution >= 4 is 17.9 Å². The summed E-state index contributed by atoms with van der Waals surface area (Å²) in [4.78, 5) is 12.8. The largest absolute Gasteiger partial charge is 0.508 e. The maximum absolute atomic E-state index is 12.8. The Morgan fingerprint density at radius 2 is 1.33 bits per heavy atom. The average Bonchev–Trinajstić information content (AvgIpc) is 2.52. The summed E-state index contributed by atoms with van der Waals surface area (Å²) in [6, 6.07) is 13.8. The minimum atomic E-state index is 0.0415. The Balaban J connectivity index is 1.94. The van der Waals surface area contributed by atoms with E-state index in [0.717, 1.165) is 35.1 Å². The molecule has 0 aromatic heterocycles. The van der Waals surface area contributed by atoms with Crippen LogP contribution in [0.25, 0.3) is 12.2 Å². The van der Waals surface area contributed by atoms with Gasteiger partial charge in [0, 0.05) is 11.1 Å². The van der Waals surface area contributed by atoms with Gasteiger partial charge in [-0.3, -0.25) is 4.79 Å². The Morgan fingerprint density at radius 1 is 0.875 bits per heavy atom. The van der Waals surface area contributed by atoms with Crippen LogP contribution in [0, 0.1) is 5.92 Å². The normalized spacial score (nSPS) is 21.4. The van der Waals surface area contributed by atoms with Crippen molar-refractivity contribution in [2.24, 2.45) is 5.92 Å². The lowest BCUT2D eigenvalue weighted by Gasteiger charge is -2.22. The molecule has 3 heteroatoms. The number of allylic oxidation sites excluding steroid dienone is 2. The van der Waals surface area contributed by atoms with E-state index in [1.54, 1.807) is 36.4 Å². The molecule has 0 heterocycles. The first-order valence-corrected chi connectivity index (χ1v) is 8.05. The molecule has 1 fully saturated rings. The van der Waals surface area contributed by atoms with Crippen LogP contribution in [0.5, 0.6) is 11.5 Å². The molecular weight excluding hydrogens is 300 g/mol. The Kier molecular flexibility index (Phi) is 4.52. The highest BCUT2D eigenvalue weighted by atomic mass is 16.3. The number of ketones is 1. The third-order valence-corrected chi connectivity index (χ3v) is 4.14. The fourth-order valence-corrected chi connectivity index (χ4v) is 3.10. The monoisotopic (exact) mass is 320 g/mol. The second-order valence-corrected chi connectivity index (χ2v) is 6.37. The number of carbonyl (C=O) groups is 1. The summed E-state index contributed by atoms with van der Waals surface area (Å²) >= 11 is 0. The number of phenolic OH excluding ortho intramolecular Hbond substituents is 2. The number of carbonyl (C=O) groups excluding carboxylic acids is 1. The average molecular weight is 320 g/mol. The van der Waals surface area contributed by atoms with E-state index >= 15 is 0 Å². The van der Waals surface area contributed by atoms with Crippen LogP contribution in [0.15, 0.2) is 59.7 Å². The van der Waals surface area contributed by atoms with Gasteiger partial charge in [0.25, 0.3) is 0 Å². The number of hydrogen-bond acceptors (Lipinski definition) is 3. The molecule has 1 atom stereocenters. The van der Waals surface area contributed by atoms with Crippen molar-refractivity contribution in [3.05, 3.63) is 70.8 Å². The summed E-state index contributed by atoms with van der Waals surface area (Å²) in [5.74, 6) is 0.793. The highest BCUT2D eigenvalue weighted by Gasteiger charge is 2.25. The lowest BCUT2D eigenvalue weighted by atomic mass is 9.81. The zero-order valence-corrected chi connectivity index (χ0v) is 13.6. The van der Waals surface area contributed by atoms with E-state index in [2.05, 4.69) is 6.92 Å². The third kappa shape index (κ3) is 3.74. The van der Waals surface area contributed by atoms with Gasteiger partial charge in [-0.2, -0.15) is 0 Å². The van der Waals surface area contributed by atoms with E-state index in [0.29, 0.717) is 5.92 Å². The first-order chi connectivity index (χ1) is 11.5. The molecule has 0 aliphatic heterocycles.